The molecular formula is C17H21N5S. The van der Waals surface area contributed by atoms with Crippen LogP contribution in [0, 0.1) is 6.92 Å². The number of rotatable bonds is 3. The van der Waals surface area contributed by atoms with Gasteiger partial charge in [-0.15, -0.1) is 11.3 Å². The molecule has 6 heteroatoms. The Bertz CT molecular complexity index is 800. The third-order valence-corrected chi connectivity index (χ3v) is 5.81. The molecule has 0 amide bonds. The van der Waals surface area contributed by atoms with Crippen LogP contribution < -0.4 is 4.90 Å². The van der Waals surface area contributed by atoms with Crippen molar-refractivity contribution in [1.82, 2.24) is 19.9 Å². The van der Waals surface area contributed by atoms with Crippen molar-refractivity contribution in [2.24, 2.45) is 0 Å². The Balaban J connectivity index is 1.61. The molecule has 4 heterocycles. The summed E-state index contributed by atoms with van der Waals surface area (Å²) in [5.74, 6) is 2.57. The molecule has 0 saturated carbocycles. The first kappa shape index (κ1) is 14.6. The molecule has 1 aliphatic heterocycles. The number of anilines is 1. The number of thiophene rings is 1. The van der Waals surface area contributed by atoms with Gasteiger partial charge in [-0.25, -0.2) is 15.0 Å². The molecule has 1 saturated heterocycles. The van der Waals surface area contributed by atoms with Crippen LogP contribution in [-0.2, 0) is 6.42 Å². The molecule has 5 nitrogen and oxygen atoms in total. The predicted molar refractivity (Wildman–Crippen MR) is 94.3 cm³/mol. The van der Waals surface area contributed by atoms with E-state index in [1.807, 2.05) is 13.1 Å². The van der Waals surface area contributed by atoms with Crippen molar-refractivity contribution in [2.45, 2.75) is 39.0 Å². The second-order valence-corrected chi connectivity index (χ2v) is 7.26. The monoisotopic (exact) mass is 327 g/mol. The Morgan fingerprint density at radius 1 is 1.30 bits per heavy atom. The van der Waals surface area contributed by atoms with Crippen molar-refractivity contribution in [3.05, 3.63) is 35.0 Å². The molecule has 0 atom stereocenters. The van der Waals surface area contributed by atoms with E-state index in [0.717, 1.165) is 48.8 Å². The first-order valence-corrected chi connectivity index (χ1v) is 9.06. The predicted octanol–water partition coefficient (Wildman–Crippen LogP) is 3.67. The molecule has 3 aromatic heterocycles. The van der Waals surface area contributed by atoms with Crippen LogP contribution in [0.2, 0.25) is 0 Å². The Kier molecular flexibility index (Phi) is 3.77. The fourth-order valence-corrected chi connectivity index (χ4v) is 4.37. The lowest BCUT2D eigenvalue weighted by Crippen LogP contribution is -2.33. The summed E-state index contributed by atoms with van der Waals surface area (Å²) in [6, 6.07) is 2.27. The smallest absolute Gasteiger partial charge is 0.141 e. The topological polar surface area (TPSA) is 57.7 Å². The molecule has 0 spiro atoms. The van der Waals surface area contributed by atoms with Crippen molar-refractivity contribution in [1.29, 1.82) is 0 Å². The van der Waals surface area contributed by atoms with Crippen LogP contribution >= 0.6 is 11.3 Å². The average Bonchev–Trinajstić information content (AvgIpc) is 3.23. The van der Waals surface area contributed by atoms with E-state index in [9.17, 15) is 0 Å². The van der Waals surface area contributed by atoms with Crippen LogP contribution in [0.3, 0.4) is 0 Å². The van der Waals surface area contributed by atoms with E-state index in [-0.39, 0.29) is 0 Å². The zero-order valence-corrected chi connectivity index (χ0v) is 14.4. The van der Waals surface area contributed by atoms with E-state index in [1.165, 1.54) is 16.0 Å². The third-order valence-electron chi connectivity index (χ3n) is 4.64. The summed E-state index contributed by atoms with van der Waals surface area (Å²) in [7, 11) is 0. The maximum Gasteiger partial charge on any atom is 0.141 e. The Morgan fingerprint density at radius 2 is 2.13 bits per heavy atom. The largest absolute Gasteiger partial charge is 0.356 e. The number of nitrogens with zero attached hydrogens (tertiary/aromatic N) is 4. The standard InChI is InChI=1S/C17H21N5S/c1-3-13-8-14-16(20-11(2)21-17(14)23-13)22-6-4-12(5-7-22)15-9-18-10-19-15/h8-10,12H,3-7H2,1-2H3,(H,18,19). The molecule has 0 bridgehead atoms. The lowest BCUT2D eigenvalue weighted by atomic mass is 9.94. The number of aromatic nitrogens is 4. The molecule has 120 valence electrons. The fourth-order valence-electron chi connectivity index (χ4n) is 3.37. The van der Waals surface area contributed by atoms with Gasteiger partial charge in [-0.1, -0.05) is 6.92 Å². The number of imidazole rings is 1. The Morgan fingerprint density at radius 3 is 2.83 bits per heavy atom. The molecule has 0 unspecified atom stereocenters. The SMILES string of the molecule is CCc1cc2c(N3CCC(c4cnc[nH]4)CC3)nc(C)nc2s1. The number of piperidine rings is 1. The van der Waals surface area contributed by atoms with E-state index in [1.54, 1.807) is 17.7 Å². The van der Waals surface area contributed by atoms with Gasteiger partial charge >= 0.3 is 0 Å². The van der Waals surface area contributed by atoms with Crippen molar-refractivity contribution in [2.75, 3.05) is 18.0 Å². The summed E-state index contributed by atoms with van der Waals surface area (Å²) in [4.78, 5) is 21.7. The minimum Gasteiger partial charge on any atom is -0.356 e. The lowest BCUT2D eigenvalue weighted by molar-refractivity contribution is 0.495. The van der Waals surface area contributed by atoms with Crippen molar-refractivity contribution >= 4 is 27.4 Å². The number of hydrogen-bond donors (Lipinski definition) is 1. The Hall–Kier alpha value is -1.95. The van der Waals surface area contributed by atoms with Crippen LogP contribution in [0.5, 0.6) is 0 Å². The second-order valence-electron chi connectivity index (χ2n) is 6.15. The zero-order valence-electron chi connectivity index (χ0n) is 13.5. The van der Waals surface area contributed by atoms with E-state index < -0.39 is 0 Å². The van der Waals surface area contributed by atoms with Crippen LogP contribution in [0.25, 0.3) is 10.2 Å². The van der Waals surface area contributed by atoms with Gasteiger partial charge in [-0.3, -0.25) is 0 Å². The molecule has 23 heavy (non-hydrogen) atoms. The quantitative estimate of drug-likeness (QED) is 0.797. The lowest BCUT2D eigenvalue weighted by Gasteiger charge is -2.32. The summed E-state index contributed by atoms with van der Waals surface area (Å²) < 4.78 is 0. The summed E-state index contributed by atoms with van der Waals surface area (Å²) in [5, 5.41) is 1.22. The van der Waals surface area contributed by atoms with E-state index >= 15 is 0 Å². The molecule has 0 radical (unpaired) electrons. The van der Waals surface area contributed by atoms with Gasteiger partial charge in [0.05, 0.1) is 11.7 Å². The summed E-state index contributed by atoms with van der Waals surface area (Å²) >= 11 is 1.80. The second kappa shape index (κ2) is 5.92. The average molecular weight is 327 g/mol. The van der Waals surface area contributed by atoms with E-state index in [0.29, 0.717) is 5.92 Å². The number of aromatic amines is 1. The van der Waals surface area contributed by atoms with Gasteiger partial charge < -0.3 is 9.88 Å². The normalized spacial score (nSPS) is 16.3. The maximum atomic E-state index is 4.76. The Labute approximate surface area is 139 Å². The number of fused-ring (bicyclic) bond motifs is 1. The van der Waals surface area contributed by atoms with Gasteiger partial charge in [0.1, 0.15) is 16.5 Å². The molecule has 0 aliphatic carbocycles. The molecular weight excluding hydrogens is 306 g/mol. The van der Waals surface area contributed by atoms with Gasteiger partial charge in [0.25, 0.3) is 0 Å². The highest BCUT2D eigenvalue weighted by Crippen LogP contribution is 2.34. The highest BCUT2D eigenvalue weighted by molar-refractivity contribution is 7.18. The number of H-pyrrole nitrogens is 1. The molecule has 1 aliphatic rings. The van der Waals surface area contributed by atoms with Gasteiger partial charge in [0, 0.05) is 35.8 Å². The summed E-state index contributed by atoms with van der Waals surface area (Å²) in [5.41, 5.74) is 1.26. The summed E-state index contributed by atoms with van der Waals surface area (Å²) in [6.07, 6.45) is 7.06. The number of nitrogens with one attached hydrogen (secondary N) is 1. The van der Waals surface area contributed by atoms with Gasteiger partial charge in [-0.05, 0) is 32.3 Å². The van der Waals surface area contributed by atoms with Crippen LogP contribution in [0.15, 0.2) is 18.6 Å². The molecule has 1 N–H and O–H groups in total. The minimum atomic E-state index is 0.584. The molecule has 0 aromatic carbocycles. The van der Waals surface area contributed by atoms with Crippen LogP contribution in [0.1, 0.15) is 42.1 Å². The highest BCUT2D eigenvalue weighted by Gasteiger charge is 2.24. The van der Waals surface area contributed by atoms with Gasteiger partial charge in [-0.2, -0.15) is 0 Å². The van der Waals surface area contributed by atoms with Crippen molar-refractivity contribution < 1.29 is 0 Å². The zero-order chi connectivity index (χ0) is 15.8. The third kappa shape index (κ3) is 2.72. The molecule has 3 aromatic rings. The van der Waals surface area contributed by atoms with Crippen molar-refractivity contribution in [3.63, 3.8) is 0 Å². The maximum absolute atomic E-state index is 4.76. The van der Waals surface area contributed by atoms with Gasteiger partial charge in [0.2, 0.25) is 0 Å². The van der Waals surface area contributed by atoms with Gasteiger partial charge in [0.15, 0.2) is 0 Å². The first-order valence-electron chi connectivity index (χ1n) is 8.25. The van der Waals surface area contributed by atoms with Crippen LogP contribution in [-0.4, -0.2) is 33.0 Å². The van der Waals surface area contributed by atoms with Crippen molar-refractivity contribution in [3.8, 4) is 0 Å². The number of aryl methyl sites for hydroxylation is 2. The number of hydrogen-bond acceptors (Lipinski definition) is 5. The minimum absolute atomic E-state index is 0.584. The highest BCUT2D eigenvalue weighted by atomic mass is 32.1. The van der Waals surface area contributed by atoms with E-state index in [2.05, 4.69) is 32.8 Å². The summed E-state index contributed by atoms with van der Waals surface area (Å²) in [6.45, 7) is 6.26. The van der Waals surface area contributed by atoms with Crippen LogP contribution in [0.4, 0.5) is 5.82 Å². The molecule has 1 fully saturated rings. The molecule has 4 rings (SSSR count). The van der Waals surface area contributed by atoms with E-state index in [4.69, 9.17) is 4.98 Å². The fraction of sp³-hybridized carbons (Fsp3) is 0.471. The first-order chi connectivity index (χ1) is 11.2.